The zero-order chi connectivity index (χ0) is 17.4. The summed E-state index contributed by atoms with van der Waals surface area (Å²) in [6, 6.07) is 0. The van der Waals surface area contributed by atoms with E-state index in [1.165, 1.54) is 26.8 Å². The minimum Gasteiger partial charge on any atom is -0.452 e. The van der Waals surface area contributed by atoms with Gasteiger partial charge in [0, 0.05) is 26.3 Å². The van der Waals surface area contributed by atoms with Gasteiger partial charge >= 0.3 is 17.9 Å². The largest absolute Gasteiger partial charge is 0.452 e. The van der Waals surface area contributed by atoms with Crippen LogP contribution in [0.1, 0.15) is 20.8 Å². The van der Waals surface area contributed by atoms with Crippen molar-refractivity contribution in [2.24, 2.45) is 0 Å². The van der Waals surface area contributed by atoms with E-state index in [1.807, 2.05) is 0 Å². The quantitative estimate of drug-likeness (QED) is 0.437. The van der Waals surface area contributed by atoms with Gasteiger partial charge in [-0.3, -0.25) is 14.4 Å². The number of hydrogen-bond donors (Lipinski definition) is 0. The third-order valence-electron chi connectivity index (χ3n) is 2.45. The fraction of sp³-hybridized carbons (Fsp3) is 0.353. The minimum absolute atomic E-state index is 0.434. The molecule has 6 nitrogen and oxygen atoms in total. The average molecular weight is 316 g/mol. The molecule has 1 rings (SSSR count). The first-order valence-corrected chi connectivity index (χ1v) is 6.69. The monoisotopic (exact) mass is 316 g/mol. The summed E-state index contributed by atoms with van der Waals surface area (Å²) < 4.78 is 15.3. The van der Waals surface area contributed by atoms with Gasteiger partial charge in [0.2, 0.25) is 12.2 Å². The van der Waals surface area contributed by atoms with Crippen molar-refractivity contribution in [1.29, 1.82) is 0 Å². The van der Waals surface area contributed by atoms with E-state index < -0.39 is 36.2 Å². The molecule has 23 heavy (non-hydrogen) atoms. The maximum atomic E-state index is 11.4. The van der Waals surface area contributed by atoms with Gasteiger partial charge in [-0.1, -0.05) is 18.4 Å². The molecular formula is C17H16O6. The summed E-state index contributed by atoms with van der Waals surface area (Å²) in [5, 5.41) is 0. The summed E-state index contributed by atoms with van der Waals surface area (Å²) in [6.07, 6.45) is -0.435. The lowest BCUT2D eigenvalue weighted by Crippen LogP contribution is -2.44. The van der Waals surface area contributed by atoms with Crippen LogP contribution < -0.4 is 0 Å². The van der Waals surface area contributed by atoms with Crippen LogP contribution in [0.25, 0.3) is 0 Å². The third-order valence-corrected chi connectivity index (χ3v) is 2.45. The molecule has 0 radical (unpaired) electrons. The maximum absolute atomic E-state index is 11.4. The number of hydrogen-bond acceptors (Lipinski definition) is 6. The molecular weight excluding hydrogens is 300 g/mol. The third kappa shape index (κ3) is 6.54. The molecule has 1 aliphatic rings. The van der Waals surface area contributed by atoms with Crippen molar-refractivity contribution >= 4 is 17.9 Å². The second-order valence-electron chi connectivity index (χ2n) is 4.55. The lowest BCUT2D eigenvalue weighted by atomic mass is 10.1. The van der Waals surface area contributed by atoms with Gasteiger partial charge in [0.1, 0.15) is 0 Å². The van der Waals surface area contributed by atoms with Gasteiger partial charge < -0.3 is 14.2 Å². The average Bonchev–Trinajstić information content (AvgIpc) is 2.42. The Labute approximate surface area is 134 Å². The molecule has 0 bridgehead atoms. The van der Waals surface area contributed by atoms with Crippen LogP contribution in [0.2, 0.25) is 0 Å². The van der Waals surface area contributed by atoms with Crippen LogP contribution in [-0.2, 0) is 28.6 Å². The SMILES string of the molecule is C=C1C#C[C@@H](OC(C)=O)[C@H](OC(C)=O)[C@@H](OC(C)=O)C#C/C=C\1. The van der Waals surface area contributed by atoms with Crippen molar-refractivity contribution in [3.8, 4) is 23.7 Å². The van der Waals surface area contributed by atoms with Crippen LogP contribution in [-0.4, -0.2) is 36.2 Å². The van der Waals surface area contributed by atoms with Crippen LogP contribution in [0.3, 0.4) is 0 Å². The Balaban J connectivity index is 3.33. The van der Waals surface area contributed by atoms with Gasteiger partial charge in [0.25, 0.3) is 0 Å². The molecule has 3 atom stereocenters. The molecule has 1 aliphatic carbocycles. The molecule has 0 heterocycles. The van der Waals surface area contributed by atoms with Gasteiger partial charge in [-0.2, -0.15) is 0 Å². The molecule has 0 amide bonds. The first-order valence-electron chi connectivity index (χ1n) is 6.69. The molecule has 0 N–H and O–H groups in total. The zero-order valence-electron chi connectivity index (χ0n) is 13.0. The normalized spacial score (nSPS) is 24.0. The topological polar surface area (TPSA) is 78.9 Å². The predicted molar refractivity (Wildman–Crippen MR) is 80.5 cm³/mol. The minimum atomic E-state index is -1.18. The molecule has 120 valence electrons. The van der Waals surface area contributed by atoms with E-state index in [1.54, 1.807) is 6.08 Å². The highest BCUT2D eigenvalue weighted by Crippen LogP contribution is 2.14. The Morgan fingerprint density at radius 2 is 1.48 bits per heavy atom. The lowest BCUT2D eigenvalue weighted by molar-refractivity contribution is -0.173. The summed E-state index contributed by atoms with van der Waals surface area (Å²) in [6.45, 7) is 7.25. The van der Waals surface area contributed by atoms with Crippen LogP contribution in [0.4, 0.5) is 0 Å². The highest BCUT2D eigenvalue weighted by molar-refractivity contribution is 5.69. The highest BCUT2D eigenvalue weighted by atomic mass is 16.6. The molecule has 0 aliphatic heterocycles. The maximum Gasteiger partial charge on any atom is 0.304 e. The second-order valence-corrected chi connectivity index (χ2v) is 4.55. The summed E-state index contributed by atoms with van der Waals surface area (Å²) >= 11 is 0. The highest BCUT2D eigenvalue weighted by Gasteiger charge is 2.35. The van der Waals surface area contributed by atoms with Gasteiger partial charge in [-0.05, 0) is 24.0 Å². The molecule has 0 aromatic heterocycles. The summed E-state index contributed by atoms with van der Waals surface area (Å²) in [5.41, 5.74) is 0.434. The molecule has 0 spiro atoms. The van der Waals surface area contributed by atoms with Crippen molar-refractivity contribution in [2.45, 2.75) is 39.1 Å². The number of ether oxygens (including phenoxy) is 3. The van der Waals surface area contributed by atoms with Crippen molar-refractivity contribution in [3.05, 3.63) is 24.3 Å². The Kier molecular flexibility index (Phi) is 6.64. The van der Waals surface area contributed by atoms with E-state index in [0.29, 0.717) is 5.57 Å². The first-order chi connectivity index (χ1) is 10.8. The van der Waals surface area contributed by atoms with E-state index in [-0.39, 0.29) is 0 Å². The Bertz CT molecular complexity index is 665. The first kappa shape index (κ1) is 18.1. The molecule has 0 aromatic carbocycles. The molecule has 6 heteroatoms. The molecule has 0 saturated heterocycles. The van der Waals surface area contributed by atoms with E-state index >= 15 is 0 Å². The van der Waals surface area contributed by atoms with E-state index in [0.717, 1.165) is 0 Å². The standard InChI is InChI=1S/C17H16O6/c1-11-7-5-6-8-15(21-12(2)18)17(23-14(4)20)16(10-9-11)22-13(3)19/h5,7,15-17H,1H2,2-4H3/b7-5-/t15-,16+,17+/m0/s1. The molecule has 0 unspecified atom stereocenters. The van der Waals surface area contributed by atoms with Crippen LogP contribution in [0, 0.1) is 23.7 Å². The van der Waals surface area contributed by atoms with Crippen molar-refractivity contribution in [2.75, 3.05) is 0 Å². The Hall–Kier alpha value is -2.99. The van der Waals surface area contributed by atoms with Gasteiger partial charge in [-0.25, -0.2) is 0 Å². The van der Waals surface area contributed by atoms with Gasteiger partial charge in [-0.15, -0.1) is 0 Å². The fourth-order valence-corrected chi connectivity index (χ4v) is 1.67. The molecule has 0 saturated carbocycles. The van der Waals surface area contributed by atoms with Crippen molar-refractivity contribution < 1.29 is 28.6 Å². The number of rotatable bonds is 3. The van der Waals surface area contributed by atoms with Gasteiger partial charge in [0.15, 0.2) is 6.10 Å². The summed E-state index contributed by atoms with van der Waals surface area (Å²) in [4.78, 5) is 33.9. The van der Waals surface area contributed by atoms with Crippen LogP contribution >= 0.6 is 0 Å². The second kappa shape index (κ2) is 8.45. The predicted octanol–water partition coefficient (Wildman–Crippen LogP) is 0.914. The Morgan fingerprint density at radius 3 is 2.00 bits per heavy atom. The summed E-state index contributed by atoms with van der Waals surface area (Å²) in [7, 11) is 0. The molecule has 0 aromatic rings. The van der Waals surface area contributed by atoms with Crippen molar-refractivity contribution in [1.82, 2.24) is 0 Å². The number of esters is 3. The summed E-state index contributed by atoms with van der Waals surface area (Å²) in [5.74, 6) is 8.71. The van der Waals surface area contributed by atoms with Crippen LogP contribution in [0.5, 0.6) is 0 Å². The van der Waals surface area contributed by atoms with E-state index in [4.69, 9.17) is 14.2 Å². The molecule has 0 fully saturated rings. The number of carbonyl (C=O) groups is 3. The van der Waals surface area contributed by atoms with Crippen molar-refractivity contribution in [3.63, 3.8) is 0 Å². The van der Waals surface area contributed by atoms with E-state index in [9.17, 15) is 14.4 Å². The fourth-order valence-electron chi connectivity index (χ4n) is 1.67. The van der Waals surface area contributed by atoms with Gasteiger partial charge in [0.05, 0.1) is 0 Å². The lowest BCUT2D eigenvalue weighted by Gasteiger charge is -2.26. The number of allylic oxidation sites excluding steroid dienone is 3. The smallest absolute Gasteiger partial charge is 0.304 e. The number of carbonyl (C=O) groups excluding carboxylic acids is 3. The van der Waals surface area contributed by atoms with Crippen LogP contribution in [0.15, 0.2) is 24.3 Å². The zero-order valence-corrected chi connectivity index (χ0v) is 13.0. The Morgan fingerprint density at radius 1 is 0.957 bits per heavy atom. The van der Waals surface area contributed by atoms with E-state index in [2.05, 4.69) is 30.3 Å².